The molecular formula is C31H33BrN4O6S2. The minimum atomic E-state index is -3.71. The summed E-state index contributed by atoms with van der Waals surface area (Å²) >= 11 is 4.79. The van der Waals surface area contributed by atoms with Gasteiger partial charge in [0.1, 0.15) is 0 Å². The van der Waals surface area contributed by atoms with Crippen molar-refractivity contribution in [1.29, 1.82) is 0 Å². The summed E-state index contributed by atoms with van der Waals surface area (Å²) in [6, 6.07) is 15.0. The maximum atomic E-state index is 13.9. The number of amides is 1. The monoisotopic (exact) mass is 700 g/mol. The normalized spacial score (nSPS) is 14.3. The SMILES string of the molecule is COc1cc(/C=N/N(C(=O)c2ccc(S(=O)(=O)N(C)C3CCCCC3)cc2)c2nc3ccc(Br)cc3s2)cc(OC)c1OC. The third-order valence-electron chi connectivity index (χ3n) is 7.59. The van der Waals surface area contributed by atoms with Crippen molar-refractivity contribution in [3.8, 4) is 17.2 Å². The topological polar surface area (TPSA) is 111 Å². The third kappa shape index (κ3) is 6.60. The molecule has 0 atom stereocenters. The van der Waals surface area contributed by atoms with Crippen molar-refractivity contribution in [1.82, 2.24) is 9.29 Å². The Bertz CT molecular complexity index is 1760. The number of aromatic nitrogens is 1. The van der Waals surface area contributed by atoms with Crippen molar-refractivity contribution in [2.45, 2.75) is 43.0 Å². The van der Waals surface area contributed by atoms with Crippen LogP contribution in [0.4, 0.5) is 5.13 Å². The summed E-state index contributed by atoms with van der Waals surface area (Å²) in [5, 5.41) is 6.10. The molecule has 3 aromatic carbocycles. The van der Waals surface area contributed by atoms with Gasteiger partial charge in [0.15, 0.2) is 11.5 Å². The minimum absolute atomic E-state index is 0.0193. The summed E-state index contributed by atoms with van der Waals surface area (Å²) in [6.45, 7) is 0. The maximum absolute atomic E-state index is 13.9. The number of hydrazone groups is 1. The van der Waals surface area contributed by atoms with Gasteiger partial charge in [0.25, 0.3) is 5.91 Å². The predicted octanol–water partition coefficient (Wildman–Crippen LogP) is 6.72. The molecule has 1 saturated carbocycles. The molecule has 0 N–H and O–H groups in total. The van der Waals surface area contributed by atoms with E-state index in [4.69, 9.17) is 14.2 Å². The number of nitrogens with zero attached hydrogens (tertiary/aromatic N) is 4. The van der Waals surface area contributed by atoms with E-state index in [9.17, 15) is 13.2 Å². The van der Waals surface area contributed by atoms with Crippen molar-refractivity contribution in [3.05, 3.63) is 70.2 Å². The first kappa shape index (κ1) is 31.9. The van der Waals surface area contributed by atoms with Gasteiger partial charge in [-0.1, -0.05) is 46.5 Å². The van der Waals surface area contributed by atoms with Gasteiger partial charge in [-0.3, -0.25) is 4.79 Å². The largest absolute Gasteiger partial charge is 0.493 e. The average Bonchev–Trinajstić information content (AvgIpc) is 3.47. The van der Waals surface area contributed by atoms with Crippen LogP contribution in [0.1, 0.15) is 48.0 Å². The number of thiazole rings is 1. The van der Waals surface area contributed by atoms with Gasteiger partial charge in [0, 0.05) is 28.7 Å². The second kappa shape index (κ2) is 13.6. The van der Waals surface area contributed by atoms with Crippen LogP contribution in [0.15, 0.2) is 69.1 Å². The Morgan fingerprint density at radius 3 is 2.25 bits per heavy atom. The zero-order valence-electron chi connectivity index (χ0n) is 24.8. The first-order valence-electron chi connectivity index (χ1n) is 14.0. The highest BCUT2D eigenvalue weighted by Crippen LogP contribution is 2.38. The zero-order chi connectivity index (χ0) is 31.4. The van der Waals surface area contributed by atoms with Crippen LogP contribution in [0, 0.1) is 0 Å². The van der Waals surface area contributed by atoms with E-state index in [2.05, 4.69) is 26.0 Å². The lowest BCUT2D eigenvalue weighted by Crippen LogP contribution is -2.38. The van der Waals surface area contributed by atoms with Gasteiger partial charge in [-0.05, 0) is 67.4 Å². The number of carbonyl (C=O) groups excluding carboxylic acids is 1. The van der Waals surface area contributed by atoms with E-state index in [0.29, 0.717) is 33.5 Å². The van der Waals surface area contributed by atoms with E-state index in [1.807, 2.05) is 18.2 Å². The second-order valence-corrected chi connectivity index (χ2v) is 14.2. The third-order valence-corrected chi connectivity index (χ3v) is 11.0. The summed E-state index contributed by atoms with van der Waals surface area (Å²) in [7, 11) is 2.48. The molecule has 44 heavy (non-hydrogen) atoms. The Morgan fingerprint density at radius 1 is 0.977 bits per heavy atom. The molecule has 4 aromatic rings. The lowest BCUT2D eigenvalue weighted by molar-refractivity contribution is 0.0987. The first-order chi connectivity index (χ1) is 21.2. The molecule has 232 valence electrons. The fraction of sp³-hybridized carbons (Fsp3) is 0.323. The molecule has 0 aliphatic heterocycles. The van der Waals surface area contributed by atoms with E-state index in [0.717, 1.165) is 41.3 Å². The fourth-order valence-corrected chi connectivity index (χ4v) is 8.05. The number of ether oxygens (including phenoxy) is 3. The molecule has 5 rings (SSSR count). The number of anilines is 1. The Hall–Kier alpha value is -3.52. The summed E-state index contributed by atoms with van der Waals surface area (Å²) in [4.78, 5) is 18.7. The number of hydrogen-bond donors (Lipinski definition) is 0. The van der Waals surface area contributed by atoms with Gasteiger partial charge in [-0.25, -0.2) is 13.4 Å². The highest BCUT2D eigenvalue weighted by molar-refractivity contribution is 9.10. The molecule has 10 nitrogen and oxygen atoms in total. The second-order valence-electron chi connectivity index (χ2n) is 10.3. The summed E-state index contributed by atoms with van der Waals surface area (Å²) in [5.74, 6) is 0.828. The van der Waals surface area contributed by atoms with Gasteiger partial charge in [-0.15, -0.1) is 0 Å². The summed E-state index contributed by atoms with van der Waals surface area (Å²) in [5.41, 5.74) is 1.56. The number of sulfonamides is 1. The van der Waals surface area contributed by atoms with Gasteiger partial charge < -0.3 is 14.2 Å². The standard InChI is InChI=1S/C31H33BrN4O6S2/c1-35(23-8-6-5-7-9-23)44(38,39)24-13-10-21(11-14-24)30(37)36(31-34-25-15-12-22(32)18-28(25)43-31)33-19-20-16-26(40-2)29(42-4)27(17-20)41-3/h10-19,23H,5-9H2,1-4H3/b33-19+. The number of benzene rings is 3. The molecule has 1 heterocycles. The van der Waals surface area contributed by atoms with E-state index in [1.165, 1.54) is 72.5 Å². The number of hydrogen-bond acceptors (Lipinski definition) is 9. The molecule has 1 aromatic heterocycles. The molecule has 0 unspecified atom stereocenters. The molecular weight excluding hydrogens is 668 g/mol. The van der Waals surface area contributed by atoms with Crippen LogP contribution in [-0.4, -0.2) is 64.2 Å². The van der Waals surface area contributed by atoms with Crippen molar-refractivity contribution in [2.75, 3.05) is 33.4 Å². The van der Waals surface area contributed by atoms with Crippen LogP contribution < -0.4 is 19.2 Å². The number of fused-ring (bicyclic) bond motifs is 1. The Labute approximate surface area is 269 Å². The molecule has 0 spiro atoms. The number of methoxy groups -OCH3 is 3. The van der Waals surface area contributed by atoms with Crippen molar-refractivity contribution < 1.29 is 27.4 Å². The van der Waals surface area contributed by atoms with E-state index < -0.39 is 15.9 Å². The number of carbonyl (C=O) groups is 1. The van der Waals surface area contributed by atoms with Crippen molar-refractivity contribution in [3.63, 3.8) is 0 Å². The molecule has 1 fully saturated rings. The predicted molar refractivity (Wildman–Crippen MR) is 176 cm³/mol. The molecule has 1 aliphatic carbocycles. The maximum Gasteiger partial charge on any atom is 0.280 e. The van der Waals surface area contributed by atoms with Crippen LogP contribution in [0.5, 0.6) is 17.2 Å². The van der Waals surface area contributed by atoms with Gasteiger partial charge in [0.05, 0.1) is 42.7 Å². The smallest absolute Gasteiger partial charge is 0.280 e. The van der Waals surface area contributed by atoms with Crippen LogP contribution in [0.3, 0.4) is 0 Å². The van der Waals surface area contributed by atoms with E-state index in [-0.39, 0.29) is 16.5 Å². The Balaban J connectivity index is 1.49. The van der Waals surface area contributed by atoms with E-state index >= 15 is 0 Å². The lowest BCUT2D eigenvalue weighted by Gasteiger charge is -2.30. The van der Waals surface area contributed by atoms with Crippen LogP contribution in [0.25, 0.3) is 10.2 Å². The average molecular weight is 702 g/mol. The van der Waals surface area contributed by atoms with Gasteiger partial charge in [-0.2, -0.15) is 14.4 Å². The highest BCUT2D eigenvalue weighted by atomic mass is 79.9. The van der Waals surface area contributed by atoms with Gasteiger partial charge in [0.2, 0.25) is 20.9 Å². The van der Waals surface area contributed by atoms with E-state index in [1.54, 1.807) is 19.2 Å². The van der Waals surface area contributed by atoms with Crippen LogP contribution >= 0.6 is 27.3 Å². The zero-order valence-corrected chi connectivity index (χ0v) is 28.0. The van der Waals surface area contributed by atoms with Crippen molar-refractivity contribution in [2.24, 2.45) is 5.10 Å². The fourth-order valence-electron chi connectivity index (χ4n) is 5.16. The molecule has 0 radical (unpaired) electrons. The first-order valence-corrected chi connectivity index (χ1v) is 17.0. The lowest BCUT2D eigenvalue weighted by atomic mass is 9.96. The van der Waals surface area contributed by atoms with Crippen LogP contribution in [0.2, 0.25) is 0 Å². The number of halogens is 1. The van der Waals surface area contributed by atoms with Gasteiger partial charge >= 0.3 is 0 Å². The molecule has 0 bridgehead atoms. The number of rotatable bonds is 10. The quantitative estimate of drug-likeness (QED) is 0.133. The summed E-state index contributed by atoms with van der Waals surface area (Å²) in [6.07, 6.45) is 6.38. The Kier molecular flexibility index (Phi) is 9.88. The molecule has 0 saturated heterocycles. The Morgan fingerprint density at radius 2 is 1.64 bits per heavy atom. The molecule has 1 amide bonds. The van der Waals surface area contributed by atoms with Crippen molar-refractivity contribution >= 4 is 64.8 Å². The molecule has 13 heteroatoms. The van der Waals surface area contributed by atoms with Crippen LogP contribution in [-0.2, 0) is 10.0 Å². The molecule has 1 aliphatic rings. The highest BCUT2D eigenvalue weighted by Gasteiger charge is 2.30. The summed E-state index contributed by atoms with van der Waals surface area (Å²) < 4.78 is 46.3. The minimum Gasteiger partial charge on any atom is -0.493 e.